The normalized spacial score (nSPS) is 8.78. The number of nitrogens with zero attached hydrogens (tertiary/aromatic N) is 1. The Hall–Kier alpha value is -3.31. The molecule has 8 heteroatoms. The predicted molar refractivity (Wildman–Crippen MR) is 107 cm³/mol. The molecule has 0 saturated carbocycles. The molecule has 0 unspecified atom stereocenters. The van der Waals surface area contributed by atoms with Gasteiger partial charge in [0.2, 0.25) is 0 Å². The Bertz CT molecular complexity index is 801. The number of amides is 1. The zero-order chi connectivity index (χ0) is 20.8. The first-order valence-corrected chi connectivity index (χ1v) is 8.26. The molecule has 27 heavy (non-hydrogen) atoms. The highest BCUT2D eigenvalue weighted by atomic mass is 16.5. The molecule has 0 atom stereocenters. The minimum atomic E-state index is -0.718. The van der Waals surface area contributed by atoms with Crippen molar-refractivity contribution < 1.29 is 14.3 Å². The maximum Gasteiger partial charge on any atom is 0.255 e. The van der Waals surface area contributed by atoms with Gasteiger partial charge in [0.1, 0.15) is 23.3 Å². The van der Waals surface area contributed by atoms with E-state index in [9.17, 15) is 9.59 Å². The minimum Gasteiger partial charge on any atom is -0.497 e. The molecule has 0 fully saturated rings. The topological polar surface area (TPSA) is 136 Å². The maximum absolute atomic E-state index is 11.3. The van der Waals surface area contributed by atoms with Crippen LogP contribution in [0.3, 0.4) is 0 Å². The van der Waals surface area contributed by atoms with Gasteiger partial charge in [-0.05, 0) is 38.2 Å². The van der Waals surface area contributed by atoms with Crippen molar-refractivity contribution in [2.75, 3.05) is 26.9 Å². The van der Waals surface area contributed by atoms with Crippen LogP contribution in [0.25, 0.3) is 0 Å². The molecule has 1 amide bonds. The first kappa shape index (κ1) is 23.7. The van der Waals surface area contributed by atoms with Crippen LogP contribution in [-0.4, -0.2) is 43.6 Å². The molecular weight excluding hydrogens is 346 g/mol. The van der Waals surface area contributed by atoms with Gasteiger partial charge in [-0.1, -0.05) is 26.2 Å². The van der Waals surface area contributed by atoms with Crippen molar-refractivity contribution in [2.45, 2.75) is 20.3 Å². The lowest BCUT2D eigenvalue weighted by Crippen LogP contribution is -2.13. The van der Waals surface area contributed by atoms with E-state index in [4.69, 9.17) is 16.2 Å². The Kier molecular flexibility index (Phi) is 11.4. The molecule has 0 spiro atoms. The van der Waals surface area contributed by atoms with E-state index in [1.165, 1.54) is 13.5 Å². The van der Waals surface area contributed by atoms with Crippen LogP contribution in [-0.2, 0) is 0 Å². The molecule has 0 aliphatic carbocycles. The summed E-state index contributed by atoms with van der Waals surface area (Å²) >= 11 is 0. The lowest BCUT2D eigenvalue weighted by molar-refractivity contribution is 0.100. The van der Waals surface area contributed by atoms with Crippen LogP contribution in [0, 0.1) is 11.8 Å². The number of aromatic nitrogens is 2. The lowest BCUT2D eigenvalue weighted by Gasteiger charge is -2.01. The van der Waals surface area contributed by atoms with Crippen LogP contribution < -0.4 is 21.5 Å². The average molecular weight is 373 g/mol. The number of benzene rings is 1. The van der Waals surface area contributed by atoms with Crippen molar-refractivity contribution in [1.29, 1.82) is 0 Å². The fraction of sp³-hybridized carbons (Fsp3) is 0.316. The van der Waals surface area contributed by atoms with Crippen LogP contribution >= 0.6 is 0 Å². The molecular formula is C19H27N5O3. The number of carbonyl (C=O) groups is 2. The fourth-order valence-electron chi connectivity index (χ4n) is 1.71. The smallest absolute Gasteiger partial charge is 0.255 e. The fourth-order valence-corrected chi connectivity index (χ4v) is 1.71. The highest BCUT2D eigenvalue weighted by Crippen LogP contribution is 2.16. The van der Waals surface area contributed by atoms with Gasteiger partial charge in [-0.2, -0.15) is 5.10 Å². The highest BCUT2D eigenvalue weighted by Gasteiger charge is 2.14. The summed E-state index contributed by atoms with van der Waals surface area (Å²) in [5.41, 5.74) is 12.0. The number of hydrogen-bond donors (Lipinski definition) is 4. The Balaban J connectivity index is 0.000000997. The predicted octanol–water partition coefficient (Wildman–Crippen LogP) is 1.56. The summed E-state index contributed by atoms with van der Waals surface area (Å²) in [7, 11) is 5.24. The van der Waals surface area contributed by atoms with E-state index >= 15 is 0 Å². The third-order valence-corrected chi connectivity index (χ3v) is 2.67. The molecule has 2 aromatic rings. The molecule has 1 aromatic heterocycles. The molecule has 0 aliphatic rings. The number of carbonyl (C=O) groups excluding carboxylic acids is 2. The summed E-state index contributed by atoms with van der Waals surface area (Å²) in [6.07, 6.45) is 1.94. The number of nitrogens with one attached hydrogen (secondary N) is 2. The first-order chi connectivity index (χ1) is 12.9. The zero-order valence-corrected chi connectivity index (χ0v) is 16.3. The van der Waals surface area contributed by atoms with Crippen molar-refractivity contribution in [3.05, 3.63) is 40.6 Å². The van der Waals surface area contributed by atoms with E-state index < -0.39 is 5.91 Å². The molecule has 2 rings (SSSR count). The van der Waals surface area contributed by atoms with Gasteiger partial charge in [-0.25, -0.2) is 0 Å². The average Bonchev–Trinajstić information content (AvgIpc) is 3.01. The summed E-state index contributed by atoms with van der Waals surface area (Å²) in [6, 6.07) is 4.83. The van der Waals surface area contributed by atoms with Gasteiger partial charge in [0, 0.05) is 11.1 Å². The Labute approximate surface area is 159 Å². The third-order valence-electron chi connectivity index (χ3n) is 2.67. The van der Waals surface area contributed by atoms with E-state index in [1.807, 2.05) is 14.1 Å². The second-order valence-corrected chi connectivity index (χ2v) is 5.29. The second kappa shape index (κ2) is 13.0. The van der Waals surface area contributed by atoms with Gasteiger partial charge in [-0.15, -0.1) is 0 Å². The maximum atomic E-state index is 11.3. The molecule has 1 heterocycles. The van der Waals surface area contributed by atoms with Crippen molar-refractivity contribution >= 4 is 18.0 Å². The first-order valence-electron chi connectivity index (χ1n) is 8.26. The molecule has 6 N–H and O–H groups in total. The van der Waals surface area contributed by atoms with Crippen LogP contribution in [0.15, 0.2) is 18.2 Å². The van der Waals surface area contributed by atoms with E-state index in [0.29, 0.717) is 23.2 Å². The summed E-state index contributed by atoms with van der Waals surface area (Å²) in [6.45, 7) is 4.25. The van der Waals surface area contributed by atoms with Crippen molar-refractivity contribution in [3.63, 3.8) is 0 Å². The number of primary amides is 1. The zero-order valence-electron chi connectivity index (χ0n) is 16.3. The Morgan fingerprint density at radius 1 is 1.30 bits per heavy atom. The van der Waals surface area contributed by atoms with Crippen LogP contribution in [0.5, 0.6) is 5.75 Å². The largest absolute Gasteiger partial charge is 0.497 e. The number of ether oxygens (including phenoxy) is 1. The second-order valence-electron chi connectivity index (χ2n) is 5.29. The number of nitrogen functional groups attached to an aromatic ring is 1. The number of anilines is 1. The quantitative estimate of drug-likeness (QED) is 0.476. The van der Waals surface area contributed by atoms with E-state index in [0.717, 1.165) is 0 Å². The lowest BCUT2D eigenvalue weighted by atomic mass is 10.1. The minimum absolute atomic E-state index is 0.00831. The van der Waals surface area contributed by atoms with E-state index in [1.54, 1.807) is 18.2 Å². The number of H-pyrrole nitrogens is 1. The van der Waals surface area contributed by atoms with Gasteiger partial charge in [0.15, 0.2) is 5.82 Å². The number of aldehydes is 1. The summed E-state index contributed by atoms with van der Waals surface area (Å²) < 4.78 is 5.07. The van der Waals surface area contributed by atoms with Crippen molar-refractivity contribution in [3.8, 4) is 17.6 Å². The number of rotatable bonds is 3. The van der Waals surface area contributed by atoms with Gasteiger partial charge >= 0.3 is 0 Å². The summed E-state index contributed by atoms with van der Waals surface area (Å²) in [5, 5.41) is 8.97. The summed E-state index contributed by atoms with van der Waals surface area (Å²) in [4.78, 5) is 22.1. The van der Waals surface area contributed by atoms with Gasteiger partial charge in [0.25, 0.3) is 5.91 Å². The number of nitrogens with two attached hydrogens (primary N) is 2. The van der Waals surface area contributed by atoms with Gasteiger partial charge in [0.05, 0.1) is 7.11 Å². The molecule has 0 aliphatic heterocycles. The van der Waals surface area contributed by atoms with E-state index in [-0.39, 0.29) is 17.1 Å². The van der Waals surface area contributed by atoms with Crippen LogP contribution in [0.1, 0.15) is 52.2 Å². The summed E-state index contributed by atoms with van der Waals surface area (Å²) in [5.74, 6) is 5.29. The standard InChI is InChI=1S/C14H12N4O3.C3H8.C2H7N/c1-21-10-5-8(4-9(6-10)7-19)2-3-11-12(14(16)20)13(15)18-17-11;2*1-3-2/h4-7H,1H3,(H2,16,20)(H3,15,17,18);3H2,1-2H3;3H,1-2H3. The molecule has 0 saturated heterocycles. The SMILES string of the molecule is CCC.CNC.COc1cc(C#Cc2[nH]nc(N)c2C(N)=O)cc(C=O)c1. The van der Waals surface area contributed by atoms with E-state index in [2.05, 4.69) is 41.2 Å². The van der Waals surface area contributed by atoms with Gasteiger partial charge < -0.3 is 21.5 Å². The molecule has 146 valence electrons. The number of aromatic amines is 1. The Morgan fingerprint density at radius 3 is 2.37 bits per heavy atom. The molecule has 8 nitrogen and oxygen atoms in total. The monoisotopic (exact) mass is 373 g/mol. The highest BCUT2D eigenvalue weighted by molar-refractivity contribution is 5.99. The Morgan fingerprint density at radius 2 is 1.89 bits per heavy atom. The molecule has 1 aromatic carbocycles. The number of methoxy groups -OCH3 is 1. The molecule has 0 bridgehead atoms. The van der Waals surface area contributed by atoms with Crippen molar-refractivity contribution in [2.24, 2.45) is 5.73 Å². The number of hydrogen-bond acceptors (Lipinski definition) is 6. The van der Waals surface area contributed by atoms with Gasteiger partial charge in [-0.3, -0.25) is 14.7 Å². The van der Waals surface area contributed by atoms with Crippen LogP contribution in [0.4, 0.5) is 5.82 Å². The van der Waals surface area contributed by atoms with Crippen LogP contribution in [0.2, 0.25) is 0 Å². The van der Waals surface area contributed by atoms with Crippen molar-refractivity contribution in [1.82, 2.24) is 15.5 Å². The third kappa shape index (κ3) is 8.07. The molecule has 0 radical (unpaired) electrons.